The second kappa shape index (κ2) is 2.56. The van der Waals surface area contributed by atoms with Crippen LogP contribution in [-0.4, -0.2) is 28.8 Å². The first-order chi connectivity index (χ1) is 4.22. The zero-order chi connectivity index (χ0) is 6.85. The van der Waals surface area contributed by atoms with E-state index >= 15 is 0 Å². The van der Waals surface area contributed by atoms with Crippen molar-refractivity contribution in [1.82, 2.24) is 0 Å². The first-order valence-corrected chi connectivity index (χ1v) is 3.82. The molecular weight excluding hydrogens is 143 g/mol. The highest BCUT2D eigenvalue weighted by molar-refractivity contribution is 8.00. The lowest BCUT2D eigenvalue weighted by Crippen LogP contribution is -2.34. The van der Waals surface area contributed by atoms with Crippen LogP contribution in [0.2, 0.25) is 0 Å². The molecule has 1 N–H and O–H groups in total. The molecule has 1 unspecified atom stereocenters. The van der Waals surface area contributed by atoms with Crippen LogP contribution < -0.4 is 0 Å². The van der Waals surface area contributed by atoms with Crippen molar-refractivity contribution in [2.24, 2.45) is 5.92 Å². The van der Waals surface area contributed by atoms with Gasteiger partial charge in [0, 0.05) is 17.4 Å². The maximum absolute atomic E-state index is 12.4. The van der Waals surface area contributed by atoms with Gasteiger partial charge >= 0.3 is 5.97 Å². The van der Waals surface area contributed by atoms with Crippen LogP contribution in [0.5, 0.6) is 0 Å². The molecule has 2 nitrogen and oxygen atoms in total. The van der Waals surface area contributed by atoms with Crippen LogP contribution in [0.4, 0.5) is 4.39 Å². The lowest BCUT2D eigenvalue weighted by Gasteiger charge is -2.25. The molecule has 0 radical (unpaired) electrons. The van der Waals surface area contributed by atoms with Crippen molar-refractivity contribution in [2.45, 2.75) is 6.17 Å². The van der Waals surface area contributed by atoms with Crippen molar-refractivity contribution in [3.05, 3.63) is 0 Å². The van der Waals surface area contributed by atoms with E-state index in [1.54, 1.807) is 11.8 Å². The van der Waals surface area contributed by atoms with Gasteiger partial charge in [-0.2, -0.15) is 11.8 Å². The standard InChI is InChI=1S/C5H7FO2S/c6-4(5(7)8)3-1-9-2-3/h3-4H,1-2H2,(H,7,8). The Balaban J connectivity index is 2.32. The Labute approximate surface area is 56.4 Å². The molecule has 0 bridgehead atoms. The first kappa shape index (κ1) is 6.86. The largest absolute Gasteiger partial charge is 0.479 e. The van der Waals surface area contributed by atoms with Crippen LogP contribution in [0, 0.1) is 5.92 Å². The van der Waals surface area contributed by atoms with Gasteiger partial charge in [-0.1, -0.05) is 0 Å². The molecule has 0 aromatic rings. The van der Waals surface area contributed by atoms with Gasteiger partial charge in [0.25, 0.3) is 0 Å². The molecule has 0 aromatic carbocycles. The van der Waals surface area contributed by atoms with E-state index in [4.69, 9.17) is 5.11 Å². The number of hydrogen-bond donors (Lipinski definition) is 1. The quantitative estimate of drug-likeness (QED) is 0.631. The molecule has 1 saturated heterocycles. The average Bonchev–Trinajstić information content (AvgIpc) is 1.60. The zero-order valence-electron chi connectivity index (χ0n) is 4.71. The SMILES string of the molecule is O=C(O)C(F)C1CSC1. The van der Waals surface area contributed by atoms with Gasteiger partial charge in [-0.15, -0.1) is 0 Å². The summed E-state index contributed by atoms with van der Waals surface area (Å²) in [4.78, 5) is 9.95. The van der Waals surface area contributed by atoms with E-state index in [0.29, 0.717) is 11.5 Å². The number of alkyl halides is 1. The van der Waals surface area contributed by atoms with Crippen molar-refractivity contribution >= 4 is 17.7 Å². The van der Waals surface area contributed by atoms with Gasteiger partial charge in [-0.05, 0) is 0 Å². The summed E-state index contributed by atoms with van der Waals surface area (Å²) in [6.45, 7) is 0. The Hall–Kier alpha value is -0.250. The van der Waals surface area contributed by atoms with Crippen LogP contribution in [0.3, 0.4) is 0 Å². The van der Waals surface area contributed by atoms with Gasteiger partial charge in [0.15, 0.2) is 0 Å². The smallest absolute Gasteiger partial charge is 0.338 e. The van der Waals surface area contributed by atoms with Gasteiger partial charge < -0.3 is 5.11 Å². The monoisotopic (exact) mass is 150 g/mol. The Morgan fingerprint density at radius 3 is 2.44 bits per heavy atom. The van der Waals surface area contributed by atoms with Crippen LogP contribution in [0.15, 0.2) is 0 Å². The number of thioether (sulfide) groups is 1. The molecule has 1 aliphatic rings. The van der Waals surface area contributed by atoms with Crippen molar-refractivity contribution in [3.8, 4) is 0 Å². The third-order valence-corrected chi connectivity index (χ3v) is 2.64. The molecule has 0 saturated carbocycles. The summed E-state index contributed by atoms with van der Waals surface area (Å²) in [6, 6.07) is 0. The molecule has 0 aromatic heterocycles. The van der Waals surface area contributed by atoms with E-state index in [2.05, 4.69) is 0 Å². The Morgan fingerprint density at radius 1 is 1.78 bits per heavy atom. The zero-order valence-corrected chi connectivity index (χ0v) is 5.53. The summed E-state index contributed by atoms with van der Waals surface area (Å²) in [7, 11) is 0. The minimum absolute atomic E-state index is 0.229. The first-order valence-electron chi connectivity index (χ1n) is 2.66. The molecule has 52 valence electrons. The normalized spacial score (nSPS) is 22.8. The predicted octanol–water partition coefficient (Wildman–Crippen LogP) is 0.772. The fourth-order valence-electron chi connectivity index (χ4n) is 0.625. The van der Waals surface area contributed by atoms with Crippen molar-refractivity contribution in [2.75, 3.05) is 11.5 Å². The lowest BCUT2D eigenvalue weighted by atomic mass is 10.1. The van der Waals surface area contributed by atoms with Crippen LogP contribution >= 0.6 is 11.8 Å². The van der Waals surface area contributed by atoms with Gasteiger partial charge in [-0.3, -0.25) is 0 Å². The summed E-state index contributed by atoms with van der Waals surface area (Å²) in [5.74, 6) is -0.228. The predicted molar refractivity (Wildman–Crippen MR) is 33.3 cm³/mol. The molecule has 4 heteroatoms. The number of carbonyl (C=O) groups is 1. The third-order valence-electron chi connectivity index (χ3n) is 1.31. The van der Waals surface area contributed by atoms with E-state index < -0.39 is 12.1 Å². The fourth-order valence-corrected chi connectivity index (χ4v) is 1.47. The Kier molecular flexibility index (Phi) is 1.95. The van der Waals surface area contributed by atoms with Gasteiger partial charge in [0.1, 0.15) is 0 Å². The number of carboxylic acid groups (broad SMARTS) is 1. The molecule has 0 aliphatic carbocycles. The van der Waals surface area contributed by atoms with Crippen molar-refractivity contribution < 1.29 is 14.3 Å². The molecule has 1 rings (SSSR count). The minimum Gasteiger partial charge on any atom is -0.479 e. The Bertz CT molecular complexity index is 124. The van der Waals surface area contributed by atoms with E-state index in [1.807, 2.05) is 0 Å². The highest BCUT2D eigenvalue weighted by Gasteiger charge is 2.32. The maximum atomic E-state index is 12.4. The molecule has 0 spiro atoms. The molecule has 9 heavy (non-hydrogen) atoms. The van der Waals surface area contributed by atoms with E-state index in [0.717, 1.165) is 0 Å². The third kappa shape index (κ3) is 1.36. The van der Waals surface area contributed by atoms with Gasteiger partial charge in [0.2, 0.25) is 6.17 Å². The highest BCUT2D eigenvalue weighted by atomic mass is 32.2. The lowest BCUT2D eigenvalue weighted by molar-refractivity contribution is -0.144. The maximum Gasteiger partial charge on any atom is 0.338 e. The number of hydrogen-bond acceptors (Lipinski definition) is 2. The van der Waals surface area contributed by atoms with E-state index in [9.17, 15) is 9.18 Å². The summed E-state index contributed by atoms with van der Waals surface area (Å²) >= 11 is 1.59. The molecule has 1 fully saturated rings. The van der Waals surface area contributed by atoms with E-state index in [1.165, 1.54) is 0 Å². The molecular formula is C5H7FO2S. The fraction of sp³-hybridized carbons (Fsp3) is 0.800. The Morgan fingerprint density at radius 2 is 2.33 bits per heavy atom. The molecule has 1 atom stereocenters. The molecule has 1 aliphatic heterocycles. The second-order valence-corrected chi connectivity index (χ2v) is 3.11. The van der Waals surface area contributed by atoms with Crippen molar-refractivity contribution in [3.63, 3.8) is 0 Å². The van der Waals surface area contributed by atoms with Crippen LogP contribution in [0.1, 0.15) is 0 Å². The summed E-state index contributed by atoms with van der Waals surface area (Å²) in [5.41, 5.74) is 0. The molecule has 0 amide bonds. The van der Waals surface area contributed by atoms with E-state index in [-0.39, 0.29) is 5.92 Å². The summed E-state index contributed by atoms with van der Waals surface area (Å²) in [6.07, 6.45) is -1.63. The van der Waals surface area contributed by atoms with Gasteiger partial charge in [0.05, 0.1) is 0 Å². The number of carboxylic acids is 1. The molecule has 1 heterocycles. The number of halogens is 1. The summed E-state index contributed by atoms with van der Waals surface area (Å²) in [5, 5.41) is 8.13. The minimum atomic E-state index is -1.63. The second-order valence-electron chi connectivity index (χ2n) is 2.04. The van der Waals surface area contributed by atoms with Crippen LogP contribution in [0.25, 0.3) is 0 Å². The van der Waals surface area contributed by atoms with Crippen molar-refractivity contribution in [1.29, 1.82) is 0 Å². The van der Waals surface area contributed by atoms with Crippen LogP contribution in [-0.2, 0) is 4.79 Å². The summed E-state index contributed by atoms with van der Waals surface area (Å²) < 4.78 is 12.4. The number of aliphatic carboxylic acids is 1. The van der Waals surface area contributed by atoms with Gasteiger partial charge in [-0.25, -0.2) is 9.18 Å². The topological polar surface area (TPSA) is 37.3 Å². The average molecular weight is 150 g/mol. The number of rotatable bonds is 2. The highest BCUT2D eigenvalue weighted by Crippen LogP contribution is 2.28.